The van der Waals surface area contributed by atoms with Gasteiger partial charge in [0.05, 0.1) is 22.1 Å². The van der Waals surface area contributed by atoms with Crippen LogP contribution in [0.15, 0.2) is 59.0 Å². The molecule has 0 N–H and O–H groups in total. The number of nitro groups is 1. The minimum Gasteiger partial charge on any atom is -0.419 e. The number of nitrogens with zero attached hydrogens (tertiary/aromatic N) is 4. The van der Waals surface area contributed by atoms with Gasteiger partial charge in [0.15, 0.2) is 0 Å². The second kappa shape index (κ2) is 8.46. The standard InChI is InChI=1S/C21H17ClN4O4/c22-18-7-2-1-6-17(18)21-24-23-19(30-21)13-25(15-9-10-15)20(27)11-8-14-4-3-5-16(12-14)26(28)29/h1-8,11-12,15H,9-10,13H2/b11-8+. The first-order valence-electron chi connectivity index (χ1n) is 9.31. The number of rotatable bonds is 7. The van der Waals surface area contributed by atoms with Crippen LogP contribution in [0.5, 0.6) is 0 Å². The quantitative estimate of drug-likeness (QED) is 0.314. The van der Waals surface area contributed by atoms with Gasteiger partial charge in [0.1, 0.15) is 0 Å². The summed E-state index contributed by atoms with van der Waals surface area (Å²) < 4.78 is 5.71. The van der Waals surface area contributed by atoms with Gasteiger partial charge in [-0.2, -0.15) is 0 Å². The van der Waals surface area contributed by atoms with E-state index >= 15 is 0 Å². The van der Waals surface area contributed by atoms with Crippen molar-refractivity contribution in [2.45, 2.75) is 25.4 Å². The lowest BCUT2D eigenvalue weighted by Gasteiger charge is -2.18. The van der Waals surface area contributed by atoms with Gasteiger partial charge in [-0.15, -0.1) is 10.2 Å². The second-order valence-corrected chi connectivity index (χ2v) is 7.27. The predicted octanol–water partition coefficient (Wildman–Crippen LogP) is 4.50. The molecule has 152 valence electrons. The zero-order valence-electron chi connectivity index (χ0n) is 15.8. The van der Waals surface area contributed by atoms with Crippen molar-refractivity contribution in [2.24, 2.45) is 0 Å². The molecule has 1 aromatic heterocycles. The van der Waals surface area contributed by atoms with Crippen molar-refractivity contribution in [3.05, 3.63) is 81.2 Å². The summed E-state index contributed by atoms with van der Waals surface area (Å²) in [5.74, 6) is 0.390. The molecule has 4 rings (SSSR count). The molecule has 0 radical (unpaired) electrons. The molecule has 1 fully saturated rings. The Hall–Kier alpha value is -3.52. The maximum atomic E-state index is 12.7. The van der Waals surface area contributed by atoms with Crippen molar-refractivity contribution >= 4 is 29.3 Å². The minimum atomic E-state index is -0.470. The third-order valence-corrected chi connectivity index (χ3v) is 4.98. The summed E-state index contributed by atoms with van der Waals surface area (Å²) in [5.41, 5.74) is 1.18. The lowest BCUT2D eigenvalue weighted by atomic mass is 10.2. The summed E-state index contributed by atoms with van der Waals surface area (Å²) in [7, 11) is 0. The van der Waals surface area contributed by atoms with Crippen LogP contribution in [0.25, 0.3) is 17.5 Å². The van der Waals surface area contributed by atoms with E-state index in [0.717, 1.165) is 12.8 Å². The molecule has 1 aliphatic rings. The van der Waals surface area contributed by atoms with Crippen molar-refractivity contribution < 1.29 is 14.1 Å². The van der Waals surface area contributed by atoms with Gasteiger partial charge in [0, 0.05) is 24.3 Å². The number of benzene rings is 2. The van der Waals surface area contributed by atoms with Gasteiger partial charge in [-0.05, 0) is 36.6 Å². The fraction of sp³-hybridized carbons (Fsp3) is 0.190. The van der Waals surface area contributed by atoms with E-state index in [-0.39, 0.29) is 24.2 Å². The Labute approximate surface area is 176 Å². The molecule has 1 saturated carbocycles. The Kier molecular flexibility index (Phi) is 5.58. The number of carbonyl (C=O) groups excluding carboxylic acids is 1. The monoisotopic (exact) mass is 424 g/mol. The number of aromatic nitrogens is 2. The molecule has 9 heteroatoms. The van der Waals surface area contributed by atoms with Crippen LogP contribution in [-0.4, -0.2) is 32.0 Å². The number of halogens is 1. The summed E-state index contributed by atoms with van der Waals surface area (Å²) >= 11 is 6.17. The molecule has 8 nitrogen and oxygen atoms in total. The van der Waals surface area contributed by atoms with E-state index in [1.807, 2.05) is 12.1 Å². The molecule has 0 atom stereocenters. The van der Waals surface area contributed by atoms with E-state index in [1.165, 1.54) is 18.2 Å². The maximum absolute atomic E-state index is 12.7. The van der Waals surface area contributed by atoms with Crippen molar-refractivity contribution in [3.8, 4) is 11.5 Å². The van der Waals surface area contributed by atoms with Crippen molar-refractivity contribution in [3.63, 3.8) is 0 Å². The van der Waals surface area contributed by atoms with Crippen LogP contribution in [0.1, 0.15) is 24.3 Å². The molecular weight excluding hydrogens is 408 g/mol. The first-order valence-corrected chi connectivity index (χ1v) is 9.69. The van der Waals surface area contributed by atoms with Crippen LogP contribution in [-0.2, 0) is 11.3 Å². The summed E-state index contributed by atoms with van der Waals surface area (Å²) in [6.07, 6.45) is 4.78. The number of hydrogen-bond donors (Lipinski definition) is 0. The van der Waals surface area contributed by atoms with E-state index in [9.17, 15) is 14.9 Å². The van der Waals surface area contributed by atoms with E-state index in [4.69, 9.17) is 16.0 Å². The van der Waals surface area contributed by atoms with Crippen LogP contribution >= 0.6 is 11.6 Å². The summed E-state index contributed by atoms with van der Waals surface area (Å²) in [5, 5.41) is 19.5. The normalized spacial score (nSPS) is 13.5. The first-order chi connectivity index (χ1) is 14.5. The third-order valence-electron chi connectivity index (χ3n) is 4.65. The highest BCUT2D eigenvalue weighted by atomic mass is 35.5. The van der Waals surface area contributed by atoms with E-state index in [2.05, 4.69) is 10.2 Å². The average Bonchev–Trinajstić information content (AvgIpc) is 3.48. The molecule has 1 heterocycles. The zero-order valence-corrected chi connectivity index (χ0v) is 16.5. The first kappa shape index (κ1) is 19.8. The van der Waals surface area contributed by atoms with Gasteiger partial charge in [-0.1, -0.05) is 35.9 Å². The highest BCUT2D eigenvalue weighted by Crippen LogP contribution is 2.30. The molecule has 0 aliphatic heterocycles. The SMILES string of the molecule is O=C(/C=C/c1cccc([N+](=O)[O-])c1)N(Cc1nnc(-c2ccccc2Cl)o1)C1CC1. The molecule has 3 aromatic rings. The highest BCUT2D eigenvalue weighted by Gasteiger charge is 2.33. The maximum Gasteiger partial charge on any atom is 0.270 e. The van der Waals surface area contributed by atoms with Crippen molar-refractivity contribution in [1.82, 2.24) is 15.1 Å². The predicted molar refractivity (Wildman–Crippen MR) is 110 cm³/mol. The van der Waals surface area contributed by atoms with Crippen LogP contribution in [0, 0.1) is 10.1 Å². The highest BCUT2D eigenvalue weighted by molar-refractivity contribution is 6.33. The summed E-state index contributed by atoms with van der Waals surface area (Å²) in [6.45, 7) is 0.181. The molecule has 30 heavy (non-hydrogen) atoms. The van der Waals surface area contributed by atoms with Gasteiger partial charge in [-0.25, -0.2) is 0 Å². The topological polar surface area (TPSA) is 102 Å². The number of non-ortho nitro benzene ring substituents is 1. The molecule has 1 aliphatic carbocycles. The van der Waals surface area contributed by atoms with Gasteiger partial charge in [-0.3, -0.25) is 14.9 Å². The van der Waals surface area contributed by atoms with E-state index < -0.39 is 4.92 Å². The average molecular weight is 425 g/mol. The van der Waals surface area contributed by atoms with Crippen LogP contribution in [0.3, 0.4) is 0 Å². The zero-order chi connectivity index (χ0) is 21.1. The molecule has 0 unspecified atom stereocenters. The lowest BCUT2D eigenvalue weighted by molar-refractivity contribution is -0.384. The largest absolute Gasteiger partial charge is 0.419 e. The Balaban J connectivity index is 1.48. The van der Waals surface area contributed by atoms with Crippen LogP contribution in [0.4, 0.5) is 5.69 Å². The number of hydrogen-bond acceptors (Lipinski definition) is 6. The van der Waals surface area contributed by atoms with Crippen LogP contribution in [0.2, 0.25) is 5.02 Å². The summed E-state index contributed by atoms with van der Waals surface area (Å²) in [4.78, 5) is 24.8. The minimum absolute atomic E-state index is 0.0263. The molecule has 0 saturated heterocycles. The van der Waals surface area contributed by atoms with Gasteiger partial charge < -0.3 is 9.32 Å². The fourth-order valence-corrected chi connectivity index (χ4v) is 3.20. The third kappa shape index (κ3) is 4.55. The van der Waals surface area contributed by atoms with Gasteiger partial charge in [0.25, 0.3) is 5.69 Å². The van der Waals surface area contributed by atoms with Crippen LogP contribution < -0.4 is 0 Å². The second-order valence-electron chi connectivity index (χ2n) is 6.86. The number of nitro benzene ring substituents is 1. The van der Waals surface area contributed by atoms with E-state index in [1.54, 1.807) is 35.2 Å². The van der Waals surface area contributed by atoms with E-state index in [0.29, 0.717) is 27.9 Å². The summed E-state index contributed by atoms with van der Waals surface area (Å²) in [6, 6.07) is 13.4. The van der Waals surface area contributed by atoms with Crippen molar-refractivity contribution in [2.75, 3.05) is 0 Å². The molecule has 0 spiro atoms. The molecule has 1 amide bonds. The number of amides is 1. The Morgan fingerprint density at radius 1 is 1.23 bits per heavy atom. The fourth-order valence-electron chi connectivity index (χ4n) is 2.99. The number of carbonyl (C=O) groups is 1. The Morgan fingerprint density at radius 2 is 2.03 bits per heavy atom. The van der Waals surface area contributed by atoms with Gasteiger partial charge >= 0.3 is 0 Å². The Morgan fingerprint density at radius 3 is 2.77 bits per heavy atom. The molecular formula is C21H17ClN4O4. The smallest absolute Gasteiger partial charge is 0.270 e. The van der Waals surface area contributed by atoms with Gasteiger partial charge in [0.2, 0.25) is 17.7 Å². The molecule has 2 aromatic carbocycles. The molecule has 0 bridgehead atoms. The Bertz CT molecular complexity index is 1120. The van der Waals surface area contributed by atoms with Crippen molar-refractivity contribution in [1.29, 1.82) is 0 Å². The lowest BCUT2D eigenvalue weighted by Crippen LogP contribution is -2.31.